The number of sulfonamides is 1. The molecule has 0 unspecified atom stereocenters. The highest BCUT2D eigenvalue weighted by Crippen LogP contribution is 2.28. The Kier molecular flexibility index (Phi) is 8.12. The van der Waals surface area contributed by atoms with Crippen LogP contribution in [-0.4, -0.2) is 66.1 Å². The van der Waals surface area contributed by atoms with Gasteiger partial charge in [0.2, 0.25) is 21.9 Å². The number of alkyl halides is 2. The van der Waals surface area contributed by atoms with Crippen molar-refractivity contribution in [2.45, 2.75) is 64.0 Å². The summed E-state index contributed by atoms with van der Waals surface area (Å²) < 4.78 is 67.1. The zero-order valence-electron chi connectivity index (χ0n) is 21.9. The molecule has 1 aromatic carbocycles. The Morgan fingerprint density at radius 2 is 1.82 bits per heavy atom. The largest absolute Gasteiger partial charge is 0.351 e. The van der Waals surface area contributed by atoms with Crippen LogP contribution in [0, 0.1) is 12.7 Å². The molecule has 4 rings (SSSR count). The van der Waals surface area contributed by atoms with Crippen LogP contribution in [0.5, 0.6) is 0 Å². The van der Waals surface area contributed by atoms with Gasteiger partial charge in [0.1, 0.15) is 11.3 Å². The van der Waals surface area contributed by atoms with Gasteiger partial charge in [-0.15, -0.1) is 0 Å². The van der Waals surface area contributed by atoms with E-state index in [1.807, 2.05) is 11.6 Å². The van der Waals surface area contributed by atoms with Crippen LogP contribution in [0.25, 0.3) is 22.3 Å². The second-order valence-corrected chi connectivity index (χ2v) is 12.1. The molecule has 1 saturated carbocycles. The van der Waals surface area contributed by atoms with Crippen LogP contribution in [0.4, 0.5) is 24.8 Å². The number of halogens is 3. The van der Waals surface area contributed by atoms with Crippen molar-refractivity contribution >= 4 is 32.7 Å². The summed E-state index contributed by atoms with van der Waals surface area (Å²) in [6, 6.07) is 6.62. The van der Waals surface area contributed by atoms with Crippen molar-refractivity contribution in [3.8, 4) is 11.3 Å². The molecule has 3 aromatic rings. The molecule has 1 aliphatic rings. The summed E-state index contributed by atoms with van der Waals surface area (Å²) in [5.41, 5.74) is 2.65. The minimum atomic E-state index is -4.14. The van der Waals surface area contributed by atoms with Gasteiger partial charge in [-0.1, -0.05) is 6.07 Å². The molecule has 8 nitrogen and oxygen atoms in total. The zero-order valence-corrected chi connectivity index (χ0v) is 22.7. The third kappa shape index (κ3) is 7.10. The molecule has 0 amide bonds. The van der Waals surface area contributed by atoms with Crippen molar-refractivity contribution in [2.24, 2.45) is 0 Å². The number of nitrogens with one attached hydrogen (secondary N) is 2. The van der Waals surface area contributed by atoms with Crippen molar-refractivity contribution in [3.63, 3.8) is 0 Å². The third-order valence-electron chi connectivity index (χ3n) is 6.84. The van der Waals surface area contributed by atoms with Gasteiger partial charge in [-0.05, 0) is 77.4 Å². The molecule has 12 heteroatoms. The van der Waals surface area contributed by atoms with Gasteiger partial charge in [0.25, 0.3) is 0 Å². The van der Waals surface area contributed by atoms with Crippen LogP contribution in [0.3, 0.4) is 0 Å². The number of fused-ring (bicyclic) bond motifs is 1. The quantitative estimate of drug-likeness (QED) is 0.377. The maximum Gasteiger partial charge on any atom is 0.246 e. The van der Waals surface area contributed by atoms with Gasteiger partial charge >= 0.3 is 0 Å². The van der Waals surface area contributed by atoms with Crippen LogP contribution in [0.1, 0.15) is 44.6 Å². The van der Waals surface area contributed by atoms with Crippen LogP contribution in [0.2, 0.25) is 0 Å². The lowest BCUT2D eigenvalue weighted by Crippen LogP contribution is -2.36. The molecular formula is C26H33F3N6O2S. The minimum absolute atomic E-state index is 0.313. The Labute approximate surface area is 221 Å². The molecule has 1 fully saturated rings. The van der Waals surface area contributed by atoms with Gasteiger partial charge in [-0.3, -0.25) is 4.72 Å². The van der Waals surface area contributed by atoms with Gasteiger partial charge in [0.05, 0.1) is 28.8 Å². The third-order valence-corrected chi connectivity index (χ3v) is 8.11. The maximum absolute atomic E-state index is 14.8. The van der Waals surface area contributed by atoms with E-state index in [1.54, 1.807) is 12.3 Å². The molecule has 0 aliphatic heterocycles. The number of anilines is 2. The lowest BCUT2D eigenvalue weighted by Gasteiger charge is -2.32. The molecule has 2 aromatic heterocycles. The Balaban J connectivity index is 1.49. The van der Waals surface area contributed by atoms with Crippen LogP contribution in [-0.2, 0) is 10.0 Å². The number of hydrogen-bond acceptors (Lipinski definition) is 7. The number of nitrogens with zero attached hydrogens (tertiary/aromatic N) is 4. The van der Waals surface area contributed by atoms with Crippen molar-refractivity contribution in [1.82, 2.24) is 19.9 Å². The molecule has 0 saturated heterocycles. The van der Waals surface area contributed by atoms with E-state index in [1.165, 1.54) is 12.1 Å². The topological polar surface area (TPSA) is 100 Å². The molecule has 0 radical (unpaired) electrons. The fourth-order valence-corrected chi connectivity index (χ4v) is 5.84. The molecule has 0 spiro atoms. The molecule has 2 heterocycles. The van der Waals surface area contributed by atoms with E-state index in [-0.39, 0.29) is 5.69 Å². The second kappa shape index (κ2) is 11.0. The van der Waals surface area contributed by atoms with Gasteiger partial charge in [0, 0.05) is 24.1 Å². The first-order valence-corrected chi connectivity index (χ1v) is 14.2. The van der Waals surface area contributed by atoms with E-state index in [0.717, 1.165) is 37.3 Å². The number of aryl methyl sites for hydroxylation is 1. The number of hydrogen-bond donors (Lipinski definition) is 2. The second-order valence-electron chi connectivity index (χ2n) is 10.3. The Hall–Kier alpha value is -2.99. The number of pyridine rings is 1. The van der Waals surface area contributed by atoms with Crippen LogP contribution < -0.4 is 10.0 Å². The number of benzene rings is 1. The van der Waals surface area contributed by atoms with E-state index in [4.69, 9.17) is 0 Å². The molecule has 0 atom stereocenters. The van der Waals surface area contributed by atoms with Crippen molar-refractivity contribution in [3.05, 3.63) is 41.8 Å². The highest BCUT2D eigenvalue weighted by molar-refractivity contribution is 7.92. The number of rotatable bonds is 9. The standard InChI is InChI=1S/C26H33F3N6O2S/c1-16-13-22(17-5-10-21(20(27)14-17)34-38(36,37)12-11-26(2,28)29)32-23-15-30-25(33-24(16)23)31-18-6-8-19(9-7-18)35(3)4/h5,10,13-15,18-19,34H,6-9,11-12H2,1-4H3,(H,30,31,33). The highest BCUT2D eigenvalue weighted by atomic mass is 32.2. The van der Waals surface area contributed by atoms with E-state index < -0.39 is 33.9 Å². The van der Waals surface area contributed by atoms with Gasteiger partial charge in [-0.25, -0.2) is 36.5 Å². The monoisotopic (exact) mass is 550 g/mol. The lowest BCUT2D eigenvalue weighted by molar-refractivity contribution is 0.0189. The first-order valence-electron chi connectivity index (χ1n) is 12.6. The van der Waals surface area contributed by atoms with E-state index in [9.17, 15) is 21.6 Å². The smallest absolute Gasteiger partial charge is 0.246 e. The average molecular weight is 551 g/mol. The summed E-state index contributed by atoms with van der Waals surface area (Å²) >= 11 is 0. The maximum atomic E-state index is 14.8. The predicted octanol–water partition coefficient (Wildman–Crippen LogP) is 5.21. The minimum Gasteiger partial charge on any atom is -0.351 e. The van der Waals surface area contributed by atoms with E-state index >= 15 is 0 Å². The Bertz CT molecular complexity index is 1400. The average Bonchev–Trinajstić information content (AvgIpc) is 2.84. The highest BCUT2D eigenvalue weighted by Gasteiger charge is 2.26. The first-order chi connectivity index (χ1) is 17.8. The summed E-state index contributed by atoms with van der Waals surface area (Å²) in [6.07, 6.45) is 5.10. The summed E-state index contributed by atoms with van der Waals surface area (Å²) in [7, 11) is 0.0856. The van der Waals surface area contributed by atoms with E-state index in [2.05, 4.69) is 39.3 Å². The summed E-state index contributed by atoms with van der Waals surface area (Å²) in [5.74, 6) is -4.25. The van der Waals surface area contributed by atoms with Gasteiger partial charge in [-0.2, -0.15) is 0 Å². The summed E-state index contributed by atoms with van der Waals surface area (Å²) in [4.78, 5) is 16.0. The van der Waals surface area contributed by atoms with Crippen LogP contribution >= 0.6 is 0 Å². The Morgan fingerprint density at radius 1 is 1.11 bits per heavy atom. The predicted molar refractivity (Wildman–Crippen MR) is 143 cm³/mol. The molecule has 206 valence electrons. The lowest BCUT2D eigenvalue weighted by atomic mass is 9.91. The van der Waals surface area contributed by atoms with E-state index in [0.29, 0.717) is 47.2 Å². The molecule has 0 bridgehead atoms. The van der Waals surface area contributed by atoms with Gasteiger partial charge < -0.3 is 10.2 Å². The normalized spacial score (nSPS) is 18.6. The molecule has 38 heavy (non-hydrogen) atoms. The first kappa shape index (κ1) is 28.0. The fraction of sp³-hybridized carbons (Fsp3) is 0.500. The molecule has 1 aliphatic carbocycles. The Morgan fingerprint density at radius 3 is 2.45 bits per heavy atom. The zero-order chi connectivity index (χ0) is 27.7. The van der Waals surface area contributed by atoms with Gasteiger partial charge in [0.15, 0.2) is 0 Å². The summed E-state index contributed by atoms with van der Waals surface area (Å²) in [5, 5.41) is 3.44. The van der Waals surface area contributed by atoms with Crippen molar-refractivity contribution < 1.29 is 21.6 Å². The number of aromatic nitrogens is 3. The van der Waals surface area contributed by atoms with Crippen molar-refractivity contribution in [2.75, 3.05) is 29.9 Å². The SMILES string of the molecule is Cc1cc(-c2ccc(NS(=O)(=O)CCC(C)(F)F)c(F)c2)nc2cnc(NC3CCC(N(C)C)CC3)nc12. The summed E-state index contributed by atoms with van der Waals surface area (Å²) in [6.45, 7) is 2.52. The van der Waals surface area contributed by atoms with Crippen LogP contribution in [0.15, 0.2) is 30.5 Å². The van der Waals surface area contributed by atoms with Crippen molar-refractivity contribution in [1.29, 1.82) is 0 Å². The fourth-order valence-electron chi connectivity index (χ4n) is 4.61. The molecular weight excluding hydrogens is 517 g/mol. The molecule has 2 N–H and O–H groups in total.